The number of hydrogen-bond donors (Lipinski definition) is 0. The smallest absolute Gasteiger partial charge is 0.252 e. The van der Waals surface area contributed by atoms with Crippen LogP contribution in [0.5, 0.6) is 0 Å². The van der Waals surface area contributed by atoms with Gasteiger partial charge in [-0.05, 0) is 109 Å². The molecule has 0 aliphatic carbocycles. The van der Waals surface area contributed by atoms with Crippen molar-refractivity contribution in [2.75, 3.05) is 9.80 Å². The Kier molecular flexibility index (Phi) is 11.1. The zero-order chi connectivity index (χ0) is 49.9. The summed E-state index contributed by atoms with van der Waals surface area (Å²) in [6.45, 7) is 9.28. The average Bonchev–Trinajstić information content (AvgIpc) is 3.48. The fourth-order valence-electron chi connectivity index (χ4n) is 11.8. The molecule has 2 nitrogen and oxygen atoms in total. The lowest BCUT2D eigenvalue weighted by Crippen LogP contribution is -2.61. The summed E-state index contributed by atoms with van der Waals surface area (Å²) in [5.74, 6) is 0. The third-order valence-corrected chi connectivity index (χ3v) is 15.3. The van der Waals surface area contributed by atoms with E-state index in [1.54, 1.807) is 0 Å². The molecule has 0 amide bonds. The molecule has 2 aliphatic heterocycles. The standard InChI is InChI=1S/C71H55BN2/c1-48-43-64-63(47-61(48)54-35-21-10-22-36-54)72-62-42-41-55(49-25-11-5-12-26-49)44-65(62)74(70-59(52-31-17-8-18-32-52)39-24-40-60(70)53-33-19-9-20-34-53)67-46-56(71(2,3)4)45-66(68(67)72)73(64)69-57(50-27-13-6-14-28-50)37-23-38-58(69)51-29-15-7-16-30-51/h5-47H,1-4H3. The molecule has 0 saturated heterocycles. The highest BCUT2D eigenvalue weighted by atomic mass is 15.2. The number of aryl methyl sites for hydroxylation is 1. The number of benzene rings is 11. The van der Waals surface area contributed by atoms with E-state index in [-0.39, 0.29) is 12.1 Å². The Balaban J connectivity index is 1.22. The van der Waals surface area contributed by atoms with Gasteiger partial charge in [-0.1, -0.05) is 257 Å². The lowest BCUT2D eigenvalue weighted by Gasteiger charge is -2.46. The third-order valence-electron chi connectivity index (χ3n) is 15.3. The van der Waals surface area contributed by atoms with Gasteiger partial charge >= 0.3 is 0 Å². The molecule has 0 fully saturated rings. The van der Waals surface area contributed by atoms with Crippen LogP contribution in [0.15, 0.2) is 261 Å². The van der Waals surface area contributed by atoms with Gasteiger partial charge in [0.05, 0.1) is 11.4 Å². The van der Waals surface area contributed by atoms with Crippen molar-refractivity contribution in [1.29, 1.82) is 0 Å². The van der Waals surface area contributed by atoms with E-state index in [1.807, 2.05) is 0 Å². The van der Waals surface area contributed by atoms with Crippen LogP contribution in [-0.4, -0.2) is 6.71 Å². The van der Waals surface area contributed by atoms with Gasteiger partial charge in [-0.2, -0.15) is 0 Å². The highest BCUT2D eigenvalue weighted by Crippen LogP contribution is 2.54. The van der Waals surface area contributed by atoms with Crippen LogP contribution < -0.4 is 26.2 Å². The molecule has 0 unspecified atom stereocenters. The molecule has 0 radical (unpaired) electrons. The fourth-order valence-corrected chi connectivity index (χ4v) is 11.8. The SMILES string of the molecule is Cc1cc2c(cc1-c1ccccc1)B1c3ccc(-c4ccccc4)cc3N(c3c(-c4ccccc4)cccc3-c3ccccc3)c3cc(C(C)(C)C)cc(c31)N2c1c(-c2ccccc2)cccc1-c1ccccc1. The number of nitrogens with zero attached hydrogens (tertiary/aromatic N) is 2. The monoisotopic (exact) mass is 946 g/mol. The summed E-state index contributed by atoms with van der Waals surface area (Å²) in [4.78, 5) is 5.32. The molecule has 2 aliphatic rings. The van der Waals surface area contributed by atoms with Gasteiger partial charge in [0.15, 0.2) is 0 Å². The van der Waals surface area contributed by atoms with Crippen molar-refractivity contribution in [1.82, 2.24) is 0 Å². The van der Waals surface area contributed by atoms with Crippen LogP contribution in [0.3, 0.4) is 0 Å². The Morgan fingerprint density at radius 1 is 0.297 bits per heavy atom. The lowest BCUT2D eigenvalue weighted by molar-refractivity contribution is 0.590. The van der Waals surface area contributed by atoms with E-state index in [4.69, 9.17) is 0 Å². The van der Waals surface area contributed by atoms with Crippen molar-refractivity contribution in [3.05, 3.63) is 272 Å². The van der Waals surface area contributed by atoms with Crippen LogP contribution >= 0.6 is 0 Å². The first-order valence-electron chi connectivity index (χ1n) is 26.0. The summed E-state index contributed by atoms with van der Waals surface area (Å²) in [7, 11) is 0. The van der Waals surface area contributed by atoms with E-state index < -0.39 is 0 Å². The van der Waals surface area contributed by atoms with Gasteiger partial charge in [-0.3, -0.25) is 0 Å². The molecule has 0 spiro atoms. The highest BCUT2D eigenvalue weighted by Gasteiger charge is 2.46. The first-order valence-corrected chi connectivity index (χ1v) is 26.0. The van der Waals surface area contributed by atoms with Crippen LogP contribution in [-0.2, 0) is 5.41 Å². The van der Waals surface area contributed by atoms with Gasteiger partial charge in [0.2, 0.25) is 0 Å². The third kappa shape index (κ3) is 7.67. The number of para-hydroxylation sites is 2. The number of anilines is 6. The topological polar surface area (TPSA) is 6.48 Å². The molecule has 0 atom stereocenters. The predicted octanol–water partition coefficient (Wildman–Crippen LogP) is 17.4. The van der Waals surface area contributed by atoms with Gasteiger partial charge in [0, 0.05) is 45.0 Å². The van der Waals surface area contributed by atoms with Crippen LogP contribution in [0.2, 0.25) is 0 Å². The molecule has 13 rings (SSSR count). The maximum absolute atomic E-state index is 2.66. The van der Waals surface area contributed by atoms with E-state index >= 15 is 0 Å². The first kappa shape index (κ1) is 45.0. The van der Waals surface area contributed by atoms with Crippen molar-refractivity contribution in [2.24, 2.45) is 0 Å². The molecule has 0 bridgehead atoms. The summed E-state index contributed by atoms with van der Waals surface area (Å²) < 4.78 is 0. The fraction of sp³-hybridized carbons (Fsp3) is 0.0704. The molecule has 11 aromatic carbocycles. The van der Waals surface area contributed by atoms with Gasteiger partial charge in [0.25, 0.3) is 6.71 Å². The Morgan fingerprint density at radius 3 is 1.05 bits per heavy atom. The van der Waals surface area contributed by atoms with Crippen molar-refractivity contribution in [3.8, 4) is 66.8 Å². The van der Waals surface area contributed by atoms with Crippen molar-refractivity contribution >= 4 is 57.2 Å². The van der Waals surface area contributed by atoms with Crippen molar-refractivity contribution in [3.63, 3.8) is 0 Å². The summed E-state index contributed by atoms with van der Waals surface area (Å²) in [5.41, 5.74) is 27.4. The minimum atomic E-state index is -0.222. The average molecular weight is 947 g/mol. The van der Waals surface area contributed by atoms with Crippen molar-refractivity contribution < 1.29 is 0 Å². The minimum Gasteiger partial charge on any atom is -0.310 e. The second-order valence-electron chi connectivity index (χ2n) is 20.9. The van der Waals surface area contributed by atoms with E-state index in [0.717, 1.165) is 11.4 Å². The van der Waals surface area contributed by atoms with Gasteiger partial charge in [-0.15, -0.1) is 0 Å². The Morgan fingerprint density at radius 2 is 0.662 bits per heavy atom. The van der Waals surface area contributed by atoms with Crippen LogP contribution in [0.1, 0.15) is 31.9 Å². The van der Waals surface area contributed by atoms with Gasteiger partial charge in [-0.25, -0.2) is 0 Å². The van der Waals surface area contributed by atoms with Gasteiger partial charge in [0.1, 0.15) is 0 Å². The van der Waals surface area contributed by atoms with E-state index in [9.17, 15) is 0 Å². The summed E-state index contributed by atoms with van der Waals surface area (Å²) in [6.07, 6.45) is 0. The molecular weight excluding hydrogens is 892 g/mol. The largest absolute Gasteiger partial charge is 0.310 e. The maximum atomic E-state index is 2.66. The summed E-state index contributed by atoms with van der Waals surface area (Å²) in [5, 5.41) is 0. The number of hydrogen-bond acceptors (Lipinski definition) is 2. The summed E-state index contributed by atoms with van der Waals surface area (Å²) in [6, 6.07) is 96.9. The molecule has 11 aromatic rings. The second kappa shape index (κ2) is 18.3. The zero-order valence-electron chi connectivity index (χ0n) is 42.3. The molecule has 352 valence electrons. The Labute approximate surface area is 436 Å². The van der Waals surface area contributed by atoms with E-state index in [1.165, 1.54) is 117 Å². The number of fused-ring (bicyclic) bond motifs is 4. The molecule has 0 N–H and O–H groups in total. The summed E-state index contributed by atoms with van der Waals surface area (Å²) >= 11 is 0. The van der Waals surface area contributed by atoms with E-state index in [2.05, 4.69) is 298 Å². The number of rotatable bonds is 8. The zero-order valence-corrected chi connectivity index (χ0v) is 42.3. The van der Waals surface area contributed by atoms with Crippen molar-refractivity contribution in [2.45, 2.75) is 33.1 Å². The molecule has 74 heavy (non-hydrogen) atoms. The van der Waals surface area contributed by atoms with Crippen LogP contribution in [0, 0.1) is 6.92 Å². The Hall–Kier alpha value is -8.92. The highest BCUT2D eigenvalue weighted by molar-refractivity contribution is 7.00. The van der Waals surface area contributed by atoms with Crippen LogP contribution in [0.25, 0.3) is 66.8 Å². The Bertz CT molecular complexity index is 3750. The normalized spacial score (nSPS) is 12.5. The van der Waals surface area contributed by atoms with Gasteiger partial charge < -0.3 is 9.80 Å². The molecule has 0 aromatic heterocycles. The second-order valence-corrected chi connectivity index (χ2v) is 20.9. The quantitative estimate of drug-likeness (QED) is 0.140. The minimum absolute atomic E-state index is 0.118. The molecule has 0 saturated carbocycles. The first-order chi connectivity index (χ1) is 36.3. The van der Waals surface area contributed by atoms with E-state index in [0.29, 0.717) is 0 Å². The molecule has 3 heteroatoms. The van der Waals surface area contributed by atoms with Crippen LogP contribution in [0.4, 0.5) is 34.1 Å². The lowest BCUT2D eigenvalue weighted by atomic mass is 9.33. The maximum Gasteiger partial charge on any atom is 0.252 e. The molecule has 2 heterocycles. The molecular formula is C71H55BN2. The predicted molar refractivity (Wildman–Crippen MR) is 317 cm³/mol.